The Morgan fingerprint density at radius 1 is 0.913 bits per heavy atom. The van der Waals surface area contributed by atoms with Crippen LogP contribution in [0.5, 0.6) is 0 Å². The molecule has 2 unspecified atom stereocenters. The predicted molar refractivity (Wildman–Crippen MR) is 99.5 cm³/mol. The van der Waals surface area contributed by atoms with Crippen LogP contribution in [0.3, 0.4) is 0 Å². The number of aliphatic imine (C=N–C) groups is 2. The van der Waals surface area contributed by atoms with E-state index in [0.29, 0.717) is 12.0 Å². The van der Waals surface area contributed by atoms with Crippen LogP contribution >= 0.6 is 0 Å². The fourth-order valence-electron chi connectivity index (χ4n) is 3.39. The summed E-state index contributed by atoms with van der Waals surface area (Å²) in [6.45, 7) is 8.45. The quantitative estimate of drug-likeness (QED) is 0.753. The van der Waals surface area contributed by atoms with E-state index in [4.69, 9.17) is 0 Å². The van der Waals surface area contributed by atoms with Crippen LogP contribution < -0.4 is 0 Å². The predicted octanol–water partition coefficient (Wildman–Crippen LogP) is 5.10. The summed E-state index contributed by atoms with van der Waals surface area (Å²) in [5, 5.41) is 0. The molecule has 2 heteroatoms. The molecule has 0 spiro atoms. The molecule has 0 aromatic heterocycles. The minimum atomic E-state index is 0.309. The zero-order chi connectivity index (χ0) is 16.4. The minimum absolute atomic E-state index is 0.309. The first-order chi connectivity index (χ1) is 11.0. The highest BCUT2D eigenvalue weighted by atomic mass is 15.0. The van der Waals surface area contributed by atoms with Crippen LogP contribution in [0.4, 0.5) is 0 Å². The van der Waals surface area contributed by atoms with Crippen molar-refractivity contribution >= 4 is 11.5 Å². The lowest BCUT2D eigenvalue weighted by atomic mass is 9.88. The molecule has 1 heterocycles. The third kappa shape index (κ3) is 3.42. The van der Waals surface area contributed by atoms with Crippen LogP contribution in [0, 0.1) is 12.8 Å². The lowest BCUT2D eigenvalue weighted by Gasteiger charge is -2.25. The van der Waals surface area contributed by atoms with Gasteiger partial charge in [0.2, 0.25) is 0 Å². The lowest BCUT2D eigenvalue weighted by molar-refractivity contribution is 0.555. The van der Waals surface area contributed by atoms with E-state index in [9.17, 15) is 0 Å². The van der Waals surface area contributed by atoms with E-state index in [1.807, 2.05) is 6.92 Å². The summed E-state index contributed by atoms with van der Waals surface area (Å²) in [4.78, 5) is 9.17. The third-order valence-corrected chi connectivity index (χ3v) is 4.71. The number of benzene rings is 2. The van der Waals surface area contributed by atoms with Gasteiger partial charge in [0, 0.05) is 11.6 Å². The highest BCUT2D eigenvalue weighted by Crippen LogP contribution is 2.25. The van der Waals surface area contributed by atoms with Gasteiger partial charge in [0.05, 0.1) is 6.04 Å². The lowest BCUT2D eigenvalue weighted by Crippen LogP contribution is -2.29. The summed E-state index contributed by atoms with van der Waals surface area (Å²) < 4.78 is 0. The molecule has 23 heavy (non-hydrogen) atoms. The van der Waals surface area contributed by atoms with Gasteiger partial charge in [-0.3, -0.25) is 4.99 Å². The largest absolute Gasteiger partial charge is 0.267 e. The van der Waals surface area contributed by atoms with Gasteiger partial charge in [-0.05, 0) is 56.4 Å². The van der Waals surface area contributed by atoms with Gasteiger partial charge in [0.1, 0.15) is 5.84 Å². The summed E-state index contributed by atoms with van der Waals surface area (Å²) in [5.74, 6) is 1.31. The smallest absolute Gasteiger partial charge is 0.120 e. The van der Waals surface area contributed by atoms with E-state index >= 15 is 0 Å². The Balaban J connectivity index is 1.79. The normalized spacial score (nSPS) is 20.9. The Kier molecular flexibility index (Phi) is 4.42. The number of hydrogen-bond donors (Lipinski definition) is 0. The first kappa shape index (κ1) is 15.7. The summed E-state index contributed by atoms with van der Waals surface area (Å²) in [5.41, 5.74) is 6.45. The number of aryl methyl sites for hydroxylation is 1. The molecule has 0 amide bonds. The summed E-state index contributed by atoms with van der Waals surface area (Å²) in [7, 11) is 0. The molecule has 0 N–H and O–H groups in total. The molecule has 0 saturated heterocycles. The standard InChI is InChI=1S/C21H24N2/c1-14-7-5-6-8-20(14)19-11-9-18(10-12-19)13-21-15(2)22-17(4)23-16(21)3/h5-12,15,21H,13H2,1-4H3. The van der Waals surface area contributed by atoms with Crippen molar-refractivity contribution in [2.45, 2.75) is 40.2 Å². The van der Waals surface area contributed by atoms with Crippen molar-refractivity contribution in [1.82, 2.24) is 0 Å². The van der Waals surface area contributed by atoms with Crippen molar-refractivity contribution in [3.05, 3.63) is 59.7 Å². The molecule has 1 aliphatic heterocycles. The SMILES string of the molecule is CC1=NC(C)C(Cc2ccc(-c3ccccc3C)cc2)C(C)=N1. The van der Waals surface area contributed by atoms with Gasteiger partial charge in [-0.2, -0.15) is 0 Å². The van der Waals surface area contributed by atoms with Gasteiger partial charge in [-0.25, -0.2) is 4.99 Å². The Hall–Kier alpha value is -2.22. The summed E-state index contributed by atoms with van der Waals surface area (Å²) in [6, 6.07) is 17.8. The molecular weight excluding hydrogens is 280 g/mol. The molecule has 0 saturated carbocycles. The maximum Gasteiger partial charge on any atom is 0.120 e. The second-order valence-electron chi connectivity index (χ2n) is 6.49. The van der Waals surface area contributed by atoms with Crippen molar-refractivity contribution in [1.29, 1.82) is 0 Å². The third-order valence-electron chi connectivity index (χ3n) is 4.71. The maximum absolute atomic E-state index is 4.62. The molecule has 2 aromatic rings. The average Bonchev–Trinajstić information content (AvgIpc) is 2.52. The second kappa shape index (κ2) is 6.49. The molecule has 2 atom stereocenters. The Morgan fingerprint density at radius 2 is 1.61 bits per heavy atom. The molecular formula is C21H24N2. The molecule has 0 bridgehead atoms. The fraction of sp³-hybridized carbons (Fsp3) is 0.333. The van der Waals surface area contributed by atoms with Gasteiger partial charge in [-0.1, -0.05) is 48.5 Å². The van der Waals surface area contributed by atoms with Gasteiger partial charge < -0.3 is 0 Å². The van der Waals surface area contributed by atoms with Gasteiger partial charge in [0.25, 0.3) is 0 Å². The fourth-order valence-corrected chi connectivity index (χ4v) is 3.39. The van der Waals surface area contributed by atoms with Gasteiger partial charge in [-0.15, -0.1) is 0 Å². The van der Waals surface area contributed by atoms with Gasteiger partial charge in [0.15, 0.2) is 0 Å². The molecule has 0 fully saturated rings. The molecule has 118 valence electrons. The Morgan fingerprint density at radius 3 is 2.26 bits per heavy atom. The monoisotopic (exact) mass is 304 g/mol. The van der Waals surface area contributed by atoms with Gasteiger partial charge >= 0.3 is 0 Å². The highest BCUT2D eigenvalue weighted by Gasteiger charge is 2.23. The van der Waals surface area contributed by atoms with Crippen molar-refractivity contribution in [3.8, 4) is 11.1 Å². The Labute approximate surface area is 139 Å². The first-order valence-corrected chi connectivity index (χ1v) is 8.29. The molecule has 0 aliphatic carbocycles. The van der Waals surface area contributed by atoms with Crippen LogP contribution in [-0.4, -0.2) is 17.6 Å². The van der Waals surface area contributed by atoms with Crippen LogP contribution in [0.15, 0.2) is 58.5 Å². The summed E-state index contributed by atoms with van der Waals surface area (Å²) in [6.07, 6.45) is 1.00. The second-order valence-corrected chi connectivity index (χ2v) is 6.49. The van der Waals surface area contributed by atoms with E-state index < -0.39 is 0 Å². The van der Waals surface area contributed by atoms with E-state index in [0.717, 1.165) is 12.3 Å². The van der Waals surface area contributed by atoms with Crippen LogP contribution in [-0.2, 0) is 6.42 Å². The maximum atomic E-state index is 4.62. The van der Waals surface area contributed by atoms with Crippen LogP contribution in [0.1, 0.15) is 31.9 Å². The number of nitrogens with zero attached hydrogens (tertiary/aromatic N) is 2. The topological polar surface area (TPSA) is 24.7 Å². The molecule has 1 aliphatic rings. The van der Waals surface area contributed by atoms with Crippen molar-refractivity contribution in [2.75, 3.05) is 0 Å². The molecule has 0 radical (unpaired) electrons. The first-order valence-electron chi connectivity index (χ1n) is 8.29. The minimum Gasteiger partial charge on any atom is -0.267 e. The number of amidine groups is 1. The van der Waals surface area contributed by atoms with Crippen LogP contribution in [0.25, 0.3) is 11.1 Å². The zero-order valence-electron chi connectivity index (χ0n) is 14.4. The number of hydrogen-bond acceptors (Lipinski definition) is 2. The van der Waals surface area contributed by atoms with E-state index in [1.165, 1.54) is 28.0 Å². The average molecular weight is 304 g/mol. The van der Waals surface area contributed by atoms with Crippen molar-refractivity contribution in [2.24, 2.45) is 15.9 Å². The van der Waals surface area contributed by atoms with E-state index in [2.05, 4.69) is 79.3 Å². The zero-order valence-corrected chi connectivity index (χ0v) is 14.4. The highest BCUT2D eigenvalue weighted by molar-refractivity contribution is 5.99. The van der Waals surface area contributed by atoms with Crippen molar-refractivity contribution in [3.63, 3.8) is 0 Å². The Bertz CT molecular complexity index is 754. The molecule has 2 nitrogen and oxygen atoms in total. The van der Waals surface area contributed by atoms with Crippen molar-refractivity contribution < 1.29 is 0 Å². The molecule has 2 aromatic carbocycles. The van der Waals surface area contributed by atoms with E-state index in [1.54, 1.807) is 0 Å². The van der Waals surface area contributed by atoms with E-state index in [-0.39, 0.29) is 0 Å². The summed E-state index contributed by atoms with van der Waals surface area (Å²) >= 11 is 0. The molecule has 3 rings (SSSR count). The van der Waals surface area contributed by atoms with Crippen LogP contribution in [0.2, 0.25) is 0 Å². The number of rotatable bonds is 3.